The van der Waals surface area contributed by atoms with Gasteiger partial charge in [-0.1, -0.05) is 168 Å². The summed E-state index contributed by atoms with van der Waals surface area (Å²) in [5.74, 6) is -6.85. The Morgan fingerprint density at radius 1 is 0.457 bits per heavy atom. The number of hydrogen-bond acceptors (Lipinski definition) is 10. The SMILES string of the molecule is COC(=O)[C@]1(F)[C@H](c2ccccc2)[C@H]1c1ccc(-c2nccc(C(F)(F)F)n2)cc1.COC(=O)[C@]1(F)[C@H](c2ccccc2)[C@H]1c1ccc(Br)cc1.O=C(CO)[C@]1(F)[C@H](c2ccccc2)[C@H]1c1ccc(-c2nccc(C(F)(F)F)n2)cc1. The predicted octanol–water partition coefficient (Wildman–Crippen LogP) is 13.4. The number of carbonyl (C=O) groups excluding carboxylic acids is 3. The number of nitrogens with zero attached hydrogens (tertiary/aromatic N) is 4. The summed E-state index contributed by atoms with van der Waals surface area (Å²) >= 11 is 3.36. The van der Waals surface area contributed by atoms with Crippen molar-refractivity contribution in [1.29, 1.82) is 0 Å². The van der Waals surface area contributed by atoms with Crippen molar-refractivity contribution in [2.24, 2.45) is 0 Å². The maximum absolute atomic E-state index is 15.6. The van der Waals surface area contributed by atoms with Crippen LogP contribution in [0.1, 0.15) is 80.3 Å². The zero-order valence-corrected chi connectivity index (χ0v) is 44.2. The highest BCUT2D eigenvalue weighted by Crippen LogP contribution is 2.69. The van der Waals surface area contributed by atoms with Crippen LogP contribution in [0.5, 0.6) is 0 Å². The number of carbonyl (C=O) groups is 3. The zero-order valence-electron chi connectivity index (χ0n) is 42.6. The fourth-order valence-corrected chi connectivity index (χ4v) is 10.9. The molecule has 0 spiro atoms. The third-order valence-corrected chi connectivity index (χ3v) is 15.1. The molecule has 0 amide bonds. The number of alkyl halides is 9. The molecule has 0 unspecified atom stereocenters. The molecule has 6 aromatic carbocycles. The average Bonchev–Trinajstić information content (AvgIpc) is 3.96. The van der Waals surface area contributed by atoms with Gasteiger partial charge < -0.3 is 14.6 Å². The fraction of sp³-hybridized carbons (Fsp3) is 0.230. The molecule has 3 fully saturated rings. The van der Waals surface area contributed by atoms with Gasteiger partial charge in [0.15, 0.2) is 23.1 Å². The van der Waals surface area contributed by atoms with Crippen LogP contribution in [0.25, 0.3) is 22.8 Å². The topological polar surface area (TPSA) is 141 Å². The highest BCUT2D eigenvalue weighted by Gasteiger charge is 2.74. The lowest BCUT2D eigenvalue weighted by atomic mass is 10.0. The number of aromatic nitrogens is 4. The molecule has 416 valence electrons. The van der Waals surface area contributed by atoms with Gasteiger partial charge in [0.2, 0.25) is 11.3 Å². The number of aliphatic hydroxyl groups is 1. The minimum absolute atomic E-state index is 0.0914. The van der Waals surface area contributed by atoms with E-state index in [1.165, 1.54) is 31.4 Å². The van der Waals surface area contributed by atoms with E-state index in [0.717, 1.165) is 47.2 Å². The van der Waals surface area contributed by atoms with Crippen LogP contribution in [0.2, 0.25) is 0 Å². The van der Waals surface area contributed by atoms with Crippen molar-refractivity contribution in [3.63, 3.8) is 0 Å². The number of benzene rings is 6. The Hall–Kier alpha value is -8.10. The minimum atomic E-state index is -4.59. The van der Waals surface area contributed by atoms with Gasteiger partial charge in [0.25, 0.3) is 0 Å². The third-order valence-electron chi connectivity index (χ3n) is 14.6. The van der Waals surface area contributed by atoms with Crippen molar-refractivity contribution < 1.29 is 68.5 Å². The van der Waals surface area contributed by atoms with Gasteiger partial charge in [-0.2, -0.15) is 26.3 Å². The van der Waals surface area contributed by atoms with Gasteiger partial charge >= 0.3 is 24.3 Å². The zero-order chi connectivity index (χ0) is 58.1. The summed E-state index contributed by atoms with van der Waals surface area (Å²) in [4.78, 5) is 51.1. The fourth-order valence-electron chi connectivity index (χ4n) is 10.6. The van der Waals surface area contributed by atoms with Gasteiger partial charge in [0.1, 0.15) is 18.0 Å². The number of Topliss-reactive ketones (excluding diaryl/α,β-unsaturated/α-hetero) is 1. The van der Waals surface area contributed by atoms with Gasteiger partial charge in [-0.3, -0.25) is 4.79 Å². The highest BCUT2D eigenvalue weighted by atomic mass is 79.9. The molecule has 0 saturated heterocycles. The summed E-state index contributed by atoms with van der Waals surface area (Å²) < 4.78 is 134. The standard InChI is InChI=1S/2C22H16F4N2O2.C17H14BrFO2/c1-30-20(29)21(23)17(13-5-3-2-4-6-13)18(21)14-7-9-15(10-8-14)19-27-12-11-16(28-19)22(24,25)26;23-21(17(30)12-29)18(13-4-2-1-3-5-13)19(21)14-6-8-15(9-7-14)20-27-11-10-16(28-20)22(24,25)26;1-21-16(20)17(19)14(11-5-3-2-4-6-11)15(17)12-7-9-13(18)10-8-12/h2-12,17-18H,1H3;1-11,18-19,29H,12H2;2-10,14-15H,1H3/t17-,18-,21+;18-,19-,21+;14-,15-,17+/m111/s1. The summed E-state index contributed by atoms with van der Waals surface area (Å²) in [5, 5.41) is 9.23. The highest BCUT2D eigenvalue weighted by molar-refractivity contribution is 9.10. The molecule has 3 saturated carbocycles. The molecule has 20 heteroatoms. The lowest BCUT2D eigenvalue weighted by Crippen LogP contribution is -2.24. The van der Waals surface area contributed by atoms with Gasteiger partial charge in [-0.05, 0) is 57.6 Å². The minimum Gasteiger partial charge on any atom is -0.467 e. The van der Waals surface area contributed by atoms with Gasteiger partial charge in [0, 0.05) is 63.5 Å². The summed E-state index contributed by atoms with van der Waals surface area (Å²) in [6.07, 6.45) is -7.11. The molecule has 8 aromatic rings. The van der Waals surface area contributed by atoms with E-state index < -0.39 is 101 Å². The van der Waals surface area contributed by atoms with E-state index >= 15 is 13.2 Å². The first-order valence-electron chi connectivity index (χ1n) is 24.9. The average molecular weight is 1180 g/mol. The first kappa shape index (κ1) is 57.6. The normalized spacial score (nSPS) is 24.2. The maximum Gasteiger partial charge on any atom is 0.433 e. The molecule has 10 nitrogen and oxygen atoms in total. The second-order valence-electron chi connectivity index (χ2n) is 19.3. The predicted molar refractivity (Wildman–Crippen MR) is 282 cm³/mol. The number of aliphatic hydroxyl groups excluding tert-OH is 1. The number of ketones is 1. The lowest BCUT2D eigenvalue weighted by molar-refractivity contribution is -0.149. The van der Waals surface area contributed by atoms with Crippen LogP contribution in [-0.4, -0.2) is 80.6 Å². The van der Waals surface area contributed by atoms with E-state index in [4.69, 9.17) is 0 Å². The van der Waals surface area contributed by atoms with Crippen molar-refractivity contribution in [3.05, 3.63) is 238 Å². The number of ether oxygens (including phenoxy) is 2. The molecule has 9 atom stereocenters. The molecule has 3 aliphatic carbocycles. The number of methoxy groups -OCH3 is 2. The van der Waals surface area contributed by atoms with E-state index in [0.29, 0.717) is 33.4 Å². The second kappa shape index (κ2) is 22.8. The van der Waals surface area contributed by atoms with Crippen molar-refractivity contribution in [1.82, 2.24) is 19.9 Å². The van der Waals surface area contributed by atoms with Crippen LogP contribution in [0, 0.1) is 0 Å². The molecule has 2 aromatic heterocycles. The number of hydrogen-bond donors (Lipinski definition) is 1. The Morgan fingerprint density at radius 3 is 1.02 bits per heavy atom. The summed E-state index contributed by atoms with van der Waals surface area (Å²) in [5.41, 5.74) is -3.87. The van der Waals surface area contributed by atoms with Gasteiger partial charge in [-0.15, -0.1) is 0 Å². The first-order valence-corrected chi connectivity index (χ1v) is 25.7. The Morgan fingerprint density at radius 2 is 0.741 bits per heavy atom. The Balaban J connectivity index is 0.000000149. The monoisotopic (exact) mass is 1180 g/mol. The molecule has 2 heterocycles. The van der Waals surface area contributed by atoms with Gasteiger partial charge in [-0.25, -0.2) is 42.7 Å². The van der Waals surface area contributed by atoms with Crippen LogP contribution in [0.3, 0.4) is 0 Å². The van der Waals surface area contributed by atoms with Crippen LogP contribution in [-0.2, 0) is 36.2 Å². The van der Waals surface area contributed by atoms with Crippen LogP contribution in [0.4, 0.5) is 39.5 Å². The van der Waals surface area contributed by atoms with E-state index in [-0.39, 0.29) is 11.6 Å². The Labute approximate surface area is 466 Å². The number of rotatable bonds is 12. The van der Waals surface area contributed by atoms with Crippen LogP contribution >= 0.6 is 15.9 Å². The van der Waals surface area contributed by atoms with Crippen molar-refractivity contribution in [2.75, 3.05) is 20.8 Å². The molecule has 1 N–H and O–H groups in total. The second-order valence-corrected chi connectivity index (χ2v) is 20.2. The number of halogens is 10. The number of esters is 2. The van der Waals surface area contributed by atoms with Crippen molar-refractivity contribution in [3.8, 4) is 22.8 Å². The van der Waals surface area contributed by atoms with E-state index in [2.05, 4.69) is 45.3 Å². The first-order chi connectivity index (χ1) is 38.6. The van der Waals surface area contributed by atoms with E-state index in [9.17, 15) is 45.8 Å². The molecule has 0 aliphatic heterocycles. The molecule has 81 heavy (non-hydrogen) atoms. The molecular weight excluding hydrogens is 1140 g/mol. The molecule has 0 radical (unpaired) electrons. The van der Waals surface area contributed by atoms with Crippen LogP contribution in [0.15, 0.2) is 193 Å². The molecular formula is C61H46BrF9N4O6. The lowest BCUT2D eigenvalue weighted by Gasteiger charge is -2.08. The Bertz CT molecular complexity index is 3360. The van der Waals surface area contributed by atoms with E-state index in [1.807, 2.05) is 54.6 Å². The molecule has 0 bridgehead atoms. The summed E-state index contributed by atoms with van der Waals surface area (Å²) in [7, 11) is 2.36. The molecule has 3 aliphatic rings. The smallest absolute Gasteiger partial charge is 0.433 e. The summed E-state index contributed by atoms with van der Waals surface area (Å²) in [6, 6.07) is 48.0. The summed E-state index contributed by atoms with van der Waals surface area (Å²) in [6.45, 7) is -0.910. The van der Waals surface area contributed by atoms with E-state index in [1.54, 1.807) is 84.9 Å². The van der Waals surface area contributed by atoms with Crippen LogP contribution < -0.4 is 0 Å². The quantitative estimate of drug-likeness (QED) is 0.0928. The molecule has 11 rings (SSSR count). The maximum atomic E-state index is 15.6. The largest absolute Gasteiger partial charge is 0.467 e. The third kappa shape index (κ3) is 11.4. The van der Waals surface area contributed by atoms with Crippen molar-refractivity contribution in [2.45, 2.75) is 64.9 Å². The van der Waals surface area contributed by atoms with Crippen molar-refractivity contribution >= 4 is 33.7 Å². The Kier molecular flexibility index (Phi) is 16.2. The van der Waals surface area contributed by atoms with Gasteiger partial charge in [0.05, 0.1) is 14.2 Å².